The first-order valence-electron chi connectivity index (χ1n) is 6.40. The van der Waals surface area contributed by atoms with Crippen molar-refractivity contribution < 1.29 is 4.39 Å². The molecule has 0 unspecified atom stereocenters. The van der Waals surface area contributed by atoms with Crippen LogP contribution in [0.25, 0.3) is 16.6 Å². The van der Waals surface area contributed by atoms with Crippen LogP contribution in [0.3, 0.4) is 0 Å². The average Bonchev–Trinajstić information content (AvgIpc) is 3.17. The Morgan fingerprint density at radius 2 is 2.05 bits per heavy atom. The highest BCUT2D eigenvalue weighted by Gasteiger charge is 2.23. The average molecular weight is 253 g/mol. The van der Waals surface area contributed by atoms with Crippen LogP contribution in [-0.4, -0.2) is 14.8 Å². The molecule has 94 valence electrons. The van der Waals surface area contributed by atoms with E-state index in [0.29, 0.717) is 5.69 Å². The van der Waals surface area contributed by atoms with Gasteiger partial charge >= 0.3 is 0 Å². The van der Waals surface area contributed by atoms with E-state index < -0.39 is 0 Å². The Hall–Kier alpha value is -2.23. The van der Waals surface area contributed by atoms with E-state index in [1.54, 1.807) is 10.9 Å². The lowest BCUT2D eigenvalue weighted by atomic mass is 10.1. The molecule has 0 N–H and O–H groups in total. The lowest BCUT2D eigenvalue weighted by Gasteiger charge is -1.98. The zero-order chi connectivity index (χ0) is 12.8. The van der Waals surface area contributed by atoms with Crippen molar-refractivity contribution >= 4 is 10.9 Å². The molecule has 19 heavy (non-hydrogen) atoms. The molecule has 1 aliphatic rings. The smallest absolute Gasteiger partial charge is 0.143 e. The van der Waals surface area contributed by atoms with Crippen molar-refractivity contribution in [1.29, 1.82) is 0 Å². The summed E-state index contributed by atoms with van der Waals surface area (Å²) in [6, 6.07) is 7.79. The second-order valence-electron chi connectivity index (χ2n) is 5.03. The molecule has 2 heterocycles. The first kappa shape index (κ1) is 10.7. The Bertz CT molecular complexity index is 759. The highest BCUT2D eigenvalue weighted by Crippen LogP contribution is 2.40. The van der Waals surface area contributed by atoms with Crippen molar-refractivity contribution in [1.82, 2.24) is 14.8 Å². The molecular formula is C15H12FN3. The fourth-order valence-electron chi connectivity index (χ4n) is 2.37. The minimum Gasteiger partial charge on any atom is -0.259 e. The summed E-state index contributed by atoms with van der Waals surface area (Å²) >= 11 is 0. The molecule has 1 saturated carbocycles. The van der Waals surface area contributed by atoms with E-state index in [1.165, 1.54) is 30.7 Å². The van der Waals surface area contributed by atoms with Gasteiger partial charge in [-0.05, 0) is 36.5 Å². The SMILES string of the molecule is Fc1cncc(-n2cc3cc(C4CC4)ccc3n2)c1. The second-order valence-corrected chi connectivity index (χ2v) is 5.03. The number of halogens is 1. The number of fused-ring (bicyclic) bond motifs is 1. The van der Waals surface area contributed by atoms with Crippen LogP contribution >= 0.6 is 0 Å². The van der Waals surface area contributed by atoms with Gasteiger partial charge in [0.25, 0.3) is 0 Å². The topological polar surface area (TPSA) is 30.7 Å². The van der Waals surface area contributed by atoms with E-state index in [0.717, 1.165) is 16.8 Å². The van der Waals surface area contributed by atoms with Gasteiger partial charge in [0.2, 0.25) is 0 Å². The summed E-state index contributed by atoms with van der Waals surface area (Å²) in [5.41, 5.74) is 2.95. The third-order valence-corrected chi connectivity index (χ3v) is 3.53. The maximum Gasteiger partial charge on any atom is 0.143 e. The molecule has 0 amide bonds. The van der Waals surface area contributed by atoms with Gasteiger partial charge < -0.3 is 0 Å². The second kappa shape index (κ2) is 3.88. The highest BCUT2D eigenvalue weighted by atomic mass is 19.1. The van der Waals surface area contributed by atoms with E-state index in [4.69, 9.17) is 0 Å². The molecule has 0 bridgehead atoms. The van der Waals surface area contributed by atoms with Crippen LogP contribution in [0.1, 0.15) is 24.3 Å². The summed E-state index contributed by atoms with van der Waals surface area (Å²) in [7, 11) is 0. The Balaban J connectivity index is 1.82. The molecule has 1 aromatic carbocycles. The summed E-state index contributed by atoms with van der Waals surface area (Å²) in [6.45, 7) is 0. The van der Waals surface area contributed by atoms with Gasteiger partial charge in [-0.3, -0.25) is 4.98 Å². The van der Waals surface area contributed by atoms with Crippen molar-refractivity contribution in [3.05, 3.63) is 54.2 Å². The third-order valence-electron chi connectivity index (χ3n) is 3.53. The van der Waals surface area contributed by atoms with Gasteiger partial charge in [-0.25, -0.2) is 9.07 Å². The first-order chi connectivity index (χ1) is 9.29. The van der Waals surface area contributed by atoms with E-state index >= 15 is 0 Å². The summed E-state index contributed by atoms with van der Waals surface area (Å²) in [5, 5.41) is 5.55. The van der Waals surface area contributed by atoms with Crippen molar-refractivity contribution in [2.24, 2.45) is 0 Å². The fourth-order valence-corrected chi connectivity index (χ4v) is 2.37. The van der Waals surface area contributed by atoms with Gasteiger partial charge in [-0.1, -0.05) is 6.07 Å². The fraction of sp³-hybridized carbons (Fsp3) is 0.200. The van der Waals surface area contributed by atoms with Gasteiger partial charge in [-0.2, -0.15) is 5.10 Å². The number of hydrogen-bond donors (Lipinski definition) is 0. The first-order valence-corrected chi connectivity index (χ1v) is 6.40. The zero-order valence-corrected chi connectivity index (χ0v) is 10.3. The monoisotopic (exact) mass is 253 g/mol. The minimum absolute atomic E-state index is 0.351. The molecule has 1 fully saturated rings. The molecule has 0 spiro atoms. The molecule has 0 aliphatic heterocycles. The summed E-state index contributed by atoms with van der Waals surface area (Å²) in [5.74, 6) is 0.374. The van der Waals surface area contributed by atoms with E-state index in [1.807, 2.05) is 12.3 Å². The highest BCUT2D eigenvalue weighted by molar-refractivity contribution is 5.79. The molecule has 1 aliphatic carbocycles. The van der Waals surface area contributed by atoms with Crippen LogP contribution in [0.4, 0.5) is 4.39 Å². The van der Waals surface area contributed by atoms with E-state index in [9.17, 15) is 4.39 Å². The number of nitrogens with zero attached hydrogens (tertiary/aromatic N) is 3. The molecule has 0 radical (unpaired) electrons. The van der Waals surface area contributed by atoms with Crippen molar-refractivity contribution in [3.8, 4) is 5.69 Å². The molecular weight excluding hydrogens is 241 g/mol. The Kier molecular flexibility index (Phi) is 2.18. The summed E-state index contributed by atoms with van der Waals surface area (Å²) in [6.07, 6.45) is 7.30. The van der Waals surface area contributed by atoms with E-state index in [2.05, 4.69) is 22.2 Å². The summed E-state index contributed by atoms with van der Waals surface area (Å²) < 4.78 is 14.9. The van der Waals surface area contributed by atoms with Crippen LogP contribution in [0.5, 0.6) is 0 Å². The molecule has 3 nitrogen and oxygen atoms in total. The van der Waals surface area contributed by atoms with Crippen LogP contribution < -0.4 is 0 Å². The third kappa shape index (κ3) is 1.89. The Labute approximate surface area is 109 Å². The van der Waals surface area contributed by atoms with Crippen molar-refractivity contribution in [2.75, 3.05) is 0 Å². The van der Waals surface area contributed by atoms with Gasteiger partial charge in [0.15, 0.2) is 0 Å². The molecule has 3 aromatic rings. The molecule has 0 saturated heterocycles. The Morgan fingerprint density at radius 1 is 1.16 bits per heavy atom. The molecule has 4 rings (SSSR count). The zero-order valence-electron chi connectivity index (χ0n) is 10.3. The van der Waals surface area contributed by atoms with Crippen LogP contribution in [-0.2, 0) is 0 Å². The van der Waals surface area contributed by atoms with E-state index in [-0.39, 0.29) is 5.82 Å². The minimum atomic E-state index is -0.351. The maximum absolute atomic E-state index is 13.2. The maximum atomic E-state index is 13.2. The molecule has 4 heteroatoms. The standard InChI is InChI=1S/C15H12FN3/c16-13-6-14(8-17-7-13)19-9-12-5-11(10-1-2-10)3-4-15(12)18-19/h3-10H,1-2H2. The van der Waals surface area contributed by atoms with Gasteiger partial charge in [0, 0.05) is 17.6 Å². The summed E-state index contributed by atoms with van der Waals surface area (Å²) in [4.78, 5) is 3.85. The normalized spacial score (nSPS) is 15.0. The van der Waals surface area contributed by atoms with Gasteiger partial charge in [0.1, 0.15) is 5.82 Å². The van der Waals surface area contributed by atoms with Gasteiger partial charge in [-0.15, -0.1) is 0 Å². The largest absolute Gasteiger partial charge is 0.259 e. The predicted octanol–water partition coefficient (Wildman–Crippen LogP) is 3.44. The van der Waals surface area contributed by atoms with Crippen LogP contribution in [0.2, 0.25) is 0 Å². The predicted molar refractivity (Wildman–Crippen MR) is 70.8 cm³/mol. The molecule has 0 atom stereocenters. The quantitative estimate of drug-likeness (QED) is 0.700. The number of rotatable bonds is 2. The van der Waals surface area contributed by atoms with Gasteiger partial charge in [0.05, 0.1) is 23.6 Å². The van der Waals surface area contributed by atoms with Crippen molar-refractivity contribution in [2.45, 2.75) is 18.8 Å². The number of aromatic nitrogens is 3. The van der Waals surface area contributed by atoms with Crippen LogP contribution in [0.15, 0.2) is 42.9 Å². The number of benzene rings is 1. The van der Waals surface area contributed by atoms with Crippen molar-refractivity contribution in [3.63, 3.8) is 0 Å². The lowest BCUT2D eigenvalue weighted by molar-refractivity contribution is 0.618. The Morgan fingerprint density at radius 3 is 2.84 bits per heavy atom. The number of hydrogen-bond acceptors (Lipinski definition) is 2. The number of pyridine rings is 1. The van der Waals surface area contributed by atoms with Crippen LogP contribution in [0, 0.1) is 5.82 Å². The molecule has 2 aromatic heterocycles. The lowest BCUT2D eigenvalue weighted by Crippen LogP contribution is -1.95.